The summed E-state index contributed by atoms with van der Waals surface area (Å²) in [6, 6.07) is 6.11. The van der Waals surface area contributed by atoms with Crippen molar-refractivity contribution in [3.05, 3.63) is 28.7 Å². The van der Waals surface area contributed by atoms with Gasteiger partial charge in [0.05, 0.1) is 11.5 Å². The molecule has 0 saturated carbocycles. The monoisotopic (exact) mass is 350 g/mol. The third-order valence-electron chi connectivity index (χ3n) is 3.52. The molecule has 4 nitrogen and oxygen atoms in total. The van der Waals surface area contributed by atoms with E-state index in [1.165, 1.54) is 11.8 Å². The second kappa shape index (κ2) is 8.36. The molecule has 0 unspecified atom stereocenters. The van der Waals surface area contributed by atoms with Crippen LogP contribution >= 0.6 is 24.0 Å². The van der Waals surface area contributed by atoms with Gasteiger partial charge in [0.2, 0.25) is 0 Å². The lowest BCUT2D eigenvalue weighted by atomic mass is 10.1. The number of carbonyl (C=O) groups excluding carboxylic acids is 1. The van der Waals surface area contributed by atoms with Gasteiger partial charge in [-0.2, -0.15) is 0 Å². The average Bonchev–Trinajstić information content (AvgIpc) is 2.85. The fraction of sp³-hybridized carbons (Fsp3) is 0.412. The molecule has 1 amide bonds. The Balaban J connectivity index is 2.36. The predicted octanol–water partition coefficient (Wildman–Crippen LogP) is 3.81. The average molecular weight is 351 g/mol. The van der Waals surface area contributed by atoms with E-state index in [4.69, 9.17) is 17.0 Å². The third-order valence-corrected chi connectivity index (χ3v) is 4.68. The van der Waals surface area contributed by atoms with Gasteiger partial charge in [-0.1, -0.05) is 30.9 Å². The van der Waals surface area contributed by atoms with Gasteiger partial charge in [0.25, 0.3) is 5.91 Å². The smallest absolute Gasteiger partial charge is 0.263 e. The van der Waals surface area contributed by atoms with E-state index in [0.717, 1.165) is 36.5 Å². The van der Waals surface area contributed by atoms with Gasteiger partial charge in [0.15, 0.2) is 0 Å². The number of thioether (sulfide) groups is 1. The largest absolute Gasteiger partial charge is 0.493 e. The lowest BCUT2D eigenvalue weighted by molar-refractivity contribution is -0.115. The molecule has 6 heteroatoms. The number of ether oxygens (including phenoxy) is 1. The topological polar surface area (TPSA) is 41.6 Å². The Hall–Kier alpha value is -1.53. The Bertz CT molecular complexity index is 625. The molecule has 1 saturated heterocycles. The molecule has 1 N–H and O–H groups in total. The van der Waals surface area contributed by atoms with Crippen molar-refractivity contribution in [3.63, 3.8) is 0 Å². The molecule has 124 valence electrons. The van der Waals surface area contributed by atoms with Crippen molar-refractivity contribution in [2.24, 2.45) is 0 Å². The number of benzene rings is 1. The SMILES string of the molecule is CCCOc1cc(N(CC)CC)ccc1/C=C1/SC(=S)NC1=O. The van der Waals surface area contributed by atoms with Crippen molar-refractivity contribution < 1.29 is 9.53 Å². The fourth-order valence-corrected chi connectivity index (χ4v) is 3.36. The molecule has 1 fully saturated rings. The van der Waals surface area contributed by atoms with Crippen LogP contribution in [0.3, 0.4) is 0 Å². The van der Waals surface area contributed by atoms with Crippen LogP contribution in [-0.2, 0) is 4.79 Å². The number of thiocarbonyl (C=S) groups is 1. The first kappa shape index (κ1) is 17.8. The fourth-order valence-electron chi connectivity index (χ4n) is 2.33. The molecule has 2 rings (SSSR count). The minimum absolute atomic E-state index is 0.144. The second-order valence-corrected chi connectivity index (χ2v) is 6.81. The molecule has 0 aliphatic carbocycles. The molecule has 0 bridgehead atoms. The van der Waals surface area contributed by atoms with Crippen LogP contribution in [0.25, 0.3) is 6.08 Å². The van der Waals surface area contributed by atoms with E-state index in [1.807, 2.05) is 18.2 Å². The van der Waals surface area contributed by atoms with Crippen LogP contribution in [0.4, 0.5) is 5.69 Å². The maximum Gasteiger partial charge on any atom is 0.263 e. The zero-order valence-corrected chi connectivity index (χ0v) is 15.4. The first-order valence-electron chi connectivity index (χ1n) is 7.85. The van der Waals surface area contributed by atoms with Gasteiger partial charge in [-0.3, -0.25) is 4.79 Å². The van der Waals surface area contributed by atoms with Crippen LogP contribution < -0.4 is 15.0 Å². The number of nitrogens with zero attached hydrogens (tertiary/aromatic N) is 1. The van der Waals surface area contributed by atoms with Crippen LogP contribution in [0, 0.1) is 0 Å². The second-order valence-electron chi connectivity index (χ2n) is 5.10. The maximum absolute atomic E-state index is 11.8. The zero-order chi connectivity index (χ0) is 16.8. The third kappa shape index (κ3) is 4.48. The number of amides is 1. The predicted molar refractivity (Wildman–Crippen MR) is 102 cm³/mol. The quantitative estimate of drug-likeness (QED) is 0.598. The molecule has 1 aliphatic rings. The summed E-state index contributed by atoms with van der Waals surface area (Å²) in [5.74, 6) is 0.657. The first-order valence-corrected chi connectivity index (χ1v) is 9.08. The van der Waals surface area contributed by atoms with E-state index in [0.29, 0.717) is 15.8 Å². The highest BCUT2D eigenvalue weighted by Crippen LogP contribution is 2.32. The molecule has 1 aromatic carbocycles. The van der Waals surface area contributed by atoms with Gasteiger partial charge in [-0.05, 0) is 38.5 Å². The molecule has 0 spiro atoms. The van der Waals surface area contributed by atoms with Gasteiger partial charge >= 0.3 is 0 Å². The van der Waals surface area contributed by atoms with Crippen LogP contribution in [0.15, 0.2) is 23.1 Å². The van der Waals surface area contributed by atoms with Crippen molar-refractivity contribution in [2.75, 3.05) is 24.6 Å². The summed E-state index contributed by atoms with van der Waals surface area (Å²) < 4.78 is 6.39. The van der Waals surface area contributed by atoms with Gasteiger partial charge in [-0.25, -0.2) is 0 Å². The molecule has 0 atom stereocenters. The van der Waals surface area contributed by atoms with Crippen molar-refractivity contribution in [1.29, 1.82) is 0 Å². The van der Waals surface area contributed by atoms with Crippen molar-refractivity contribution in [3.8, 4) is 5.75 Å². The molecule has 0 radical (unpaired) electrons. The number of hydrogen-bond donors (Lipinski definition) is 1. The molecule has 1 aliphatic heterocycles. The summed E-state index contributed by atoms with van der Waals surface area (Å²) in [7, 11) is 0. The van der Waals surface area contributed by atoms with E-state index < -0.39 is 0 Å². The summed E-state index contributed by atoms with van der Waals surface area (Å²) in [6.45, 7) is 8.87. The summed E-state index contributed by atoms with van der Waals surface area (Å²) in [4.78, 5) is 14.7. The Morgan fingerprint density at radius 3 is 2.61 bits per heavy atom. The maximum atomic E-state index is 11.8. The van der Waals surface area contributed by atoms with Crippen LogP contribution in [0.2, 0.25) is 0 Å². The van der Waals surface area contributed by atoms with E-state index in [9.17, 15) is 4.79 Å². The number of anilines is 1. The first-order chi connectivity index (χ1) is 11.1. The number of carbonyl (C=O) groups is 1. The van der Waals surface area contributed by atoms with E-state index in [2.05, 4.69) is 37.1 Å². The Labute approximate surface area is 147 Å². The molecular formula is C17H22N2O2S2. The Morgan fingerprint density at radius 1 is 1.30 bits per heavy atom. The summed E-state index contributed by atoms with van der Waals surface area (Å²) in [6.07, 6.45) is 2.78. The van der Waals surface area contributed by atoms with E-state index >= 15 is 0 Å². The van der Waals surface area contributed by atoms with Gasteiger partial charge in [-0.15, -0.1) is 0 Å². The molecule has 1 aromatic rings. The Kier molecular flexibility index (Phi) is 6.47. The van der Waals surface area contributed by atoms with Gasteiger partial charge < -0.3 is 15.0 Å². The highest BCUT2D eigenvalue weighted by molar-refractivity contribution is 8.26. The minimum atomic E-state index is -0.144. The number of hydrogen-bond acceptors (Lipinski definition) is 5. The number of rotatable bonds is 7. The van der Waals surface area contributed by atoms with Crippen molar-refractivity contribution in [1.82, 2.24) is 5.32 Å². The molecular weight excluding hydrogens is 328 g/mol. The normalized spacial score (nSPS) is 15.9. The van der Waals surface area contributed by atoms with E-state index in [1.54, 1.807) is 0 Å². The summed E-state index contributed by atoms with van der Waals surface area (Å²) in [5.41, 5.74) is 2.03. The molecule has 23 heavy (non-hydrogen) atoms. The number of nitrogens with one attached hydrogen (secondary N) is 1. The van der Waals surface area contributed by atoms with E-state index in [-0.39, 0.29) is 5.91 Å². The van der Waals surface area contributed by atoms with Crippen molar-refractivity contribution in [2.45, 2.75) is 27.2 Å². The standard InChI is InChI=1S/C17H22N2O2S2/c1-4-9-21-14-11-13(19(5-2)6-3)8-7-12(14)10-15-16(20)18-17(22)23-15/h7-8,10-11H,4-6,9H2,1-3H3,(H,18,20,22)/b15-10+. The molecule has 1 heterocycles. The van der Waals surface area contributed by atoms with Crippen molar-refractivity contribution >= 4 is 46.0 Å². The van der Waals surface area contributed by atoms with Crippen LogP contribution in [0.5, 0.6) is 5.75 Å². The zero-order valence-electron chi connectivity index (χ0n) is 13.7. The Morgan fingerprint density at radius 2 is 2.04 bits per heavy atom. The van der Waals surface area contributed by atoms with Crippen LogP contribution in [-0.4, -0.2) is 29.9 Å². The van der Waals surface area contributed by atoms with Crippen LogP contribution in [0.1, 0.15) is 32.8 Å². The van der Waals surface area contributed by atoms with Gasteiger partial charge in [0.1, 0.15) is 10.1 Å². The van der Waals surface area contributed by atoms with Gasteiger partial charge in [0, 0.05) is 30.4 Å². The lowest BCUT2D eigenvalue weighted by Crippen LogP contribution is -2.21. The highest BCUT2D eigenvalue weighted by atomic mass is 32.2. The molecule has 0 aromatic heterocycles. The summed E-state index contributed by atoms with van der Waals surface area (Å²) in [5, 5.41) is 2.64. The lowest BCUT2D eigenvalue weighted by Gasteiger charge is -2.22. The highest BCUT2D eigenvalue weighted by Gasteiger charge is 2.22. The minimum Gasteiger partial charge on any atom is -0.493 e. The summed E-state index contributed by atoms with van der Waals surface area (Å²) >= 11 is 6.32.